The molecule has 0 aliphatic carbocycles. The van der Waals surface area contributed by atoms with E-state index in [4.69, 9.17) is 4.99 Å². The second-order valence-corrected chi connectivity index (χ2v) is 7.96. The van der Waals surface area contributed by atoms with Crippen molar-refractivity contribution in [2.45, 2.75) is 58.5 Å². The van der Waals surface area contributed by atoms with Crippen molar-refractivity contribution in [1.82, 2.24) is 5.32 Å². The molecule has 1 atom stereocenters. The van der Waals surface area contributed by atoms with Crippen LogP contribution in [0.25, 0.3) is 0 Å². The minimum atomic E-state index is 0.0839. The van der Waals surface area contributed by atoms with Crippen LogP contribution in [-0.2, 0) is 6.42 Å². The van der Waals surface area contributed by atoms with Crippen LogP contribution < -0.4 is 5.32 Å². The van der Waals surface area contributed by atoms with E-state index in [-0.39, 0.29) is 5.54 Å². The van der Waals surface area contributed by atoms with E-state index in [9.17, 15) is 0 Å². The minimum absolute atomic E-state index is 0.0839. The molecule has 1 aromatic carbocycles. The average molecular weight is 305 g/mol. The lowest BCUT2D eigenvalue weighted by atomic mass is 9.95. The van der Waals surface area contributed by atoms with Crippen molar-refractivity contribution in [2.75, 3.05) is 5.75 Å². The van der Waals surface area contributed by atoms with Crippen LogP contribution in [0.2, 0.25) is 0 Å². The van der Waals surface area contributed by atoms with Crippen molar-refractivity contribution >= 4 is 16.9 Å². The molecule has 2 nitrogen and oxygen atoms in total. The van der Waals surface area contributed by atoms with Crippen LogP contribution in [0.1, 0.15) is 46.1 Å². The molecule has 0 saturated heterocycles. The minimum Gasteiger partial charge on any atom is -0.360 e. The SMILES string of the molecule is CC(C)C1CCSC(NC(C)(C)CCc2ccccc2)=N1. The molecule has 2 rings (SSSR count). The first-order chi connectivity index (χ1) is 9.96. The van der Waals surface area contributed by atoms with Crippen molar-refractivity contribution < 1.29 is 0 Å². The number of aryl methyl sites for hydroxylation is 1. The van der Waals surface area contributed by atoms with Crippen LogP contribution in [0.3, 0.4) is 0 Å². The second-order valence-electron chi connectivity index (χ2n) is 6.88. The molecule has 0 saturated carbocycles. The molecular weight excluding hydrogens is 276 g/mol. The van der Waals surface area contributed by atoms with Crippen molar-refractivity contribution in [3.05, 3.63) is 35.9 Å². The van der Waals surface area contributed by atoms with E-state index in [1.165, 1.54) is 17.7 Å². The largest absolute Gasteiger partial charge is 0.360 e. The molecule has 0 radical (unpaired) electrons. The quantitative estimate of drug-likeness (QED) is 0.866. The van der Waals surface area contributed by atoms with E-state index in [0.29, 0.717) is 12.0 Å². The molecule has 1 aliphatic rings. The Morgan fingerprint density at radius 3 is 2.67 bits per heavy atom. The van der Waals surface area contributed by atoms with Gasteiger partial charge in [0.15, 0.2) is 5.17 Å². The Morgan fingerprint density at radius 2 is 2.00 bits per heavy atom. The van der Waals surface area contributed by atoms with Gasteiger partial charge < -0.3 is 5.32 Å². The molecule has 3 heteroatoms. The molecular formula is C18H28N2S. The van der Waals surface area contributed by atoms with Gasteiger partial charge in [-0.2, -0.15) is 0 Å². The van der Waals surface area contributed by atoms with E-state index in [1.807, 2.05) is 11.8 Å². The maximum Gasteiger partial charge on any atom is 0.157 e. The Bertz CT molecular complexity index is 465. The fourth-order valence-electron chi connectivity index (χ4n) is 2.53. The predicted molar refractivity (Wildman–Crippen MR) is 95.1 cm³/mol. The van der Waals surface area contributed by atoms with E-state index in [0.717, 1.165) is 18.0 Å². The highest BCUT2D eigenvalue weighted by molar-refractivity contribution is 8.13. The van der Waals surface area contributed by atoms with Crippen LogP contribution in [0, 0.1) is 5.92 Å². The topological polar surface area (TPSA) is 24.4 Å². The van der Waals surface area contributed by atoms with Gasteiger partial charge in [0.25, 0.3) is 0 Å². The summed E-state index contributed by atoms with van der Waals surface area (Å²) in [4.78, 5) is 4.89. The zero-order chi connectivity index (χ0) is 15.3. The summed E-state index contributed by atoms with van der Waals surface area (Å²) in [5, 5.41) is 4.80. The molecule has 1 N–H and O–H groups in total. The van der Waals surface area contributed by atoms with Gasteiger partial charge in [-0.1, -0.05) is 55.9 Å². The van der Waals surface area contributed by atoms with Gasteiger partial charge in [0.1, 0.15) is 0 Å². The second kappa shape index (κ2) is 7.35. The van der Waals surface area contributed by atoms with Gasteiger partial charge in [-0.25, -0.2) is 0 Å². The van der Waals surface area contributed by atoms with Gasteiger partial charge in [-0.05, 0) is 44.6 Å². The van der Waals surface area contributed by atoms with Crippen LogP contribution in [-0.4, -0.2) is 22.5 Å². The first-order valence-electron chi connectivity index (χ1n) is 7.99. The molecule has 1 aliphatic heterocycles. The highest BCUT2D eigenvalue weighted by Crippen LogP contribution is 2.24. The number of hydrogen-bond acceptors (Lipinski definition) is 3. The Morgan fingerprint density at radius 1 is 1.29 bits per heavy atom. The van der Waals surface area contributed by atoms with Crippen molar-refractivity contribution in [2.24, 2.45) is 10.9 Å². The number of thioether (sulfide) groups is 1. The Hall–Kier alpha value is -0.960. The van der Waals surface area contributed by atoms with Crippen molar-refractivity contribution in [3.8, 4) is 0 Å². The molecule has 0 fully saturated rings. The van der Waals surface area contributed by atoms with Gasteiger partial charge in [-0.15, -0.1) is 0 Å². The van der Waals surface area contributed by atoms with Crippen LogP contribution in [0.5, 0.6) is 0 Å². The lowest BCUT2D eigenvalue weighted by molar-refractivity contribution is 0.421. The summed E-state index contributed by atoms with van der Waals surface area (Å²) in [6, 6.07) is 11.2. The highest BCUT2D eigenvalue weighted by Gasteiger charge is 2.24. The molecule has 0 bridgehead atoms. The number of hydrogen-bond donors (Lipinski definition) is 1. The van der Waals surface area contributed by atoms with Crippen LogP contribution >= 0.6 is 11.8 Å². The highest BCUT2D eigenvalue weighted by atomic mass is 32.2. The smallest absolute Gasteiger partial charge is 0.157 e. The van der Waals surface area contributed by atoms with Crippen LogP contribution in [0.4, 0.5) is 0 Å². The van der Waals surface area contributed by atoms with E-state index < -0.39 is 0 Å². The molecule has 1 aromatic rings. The predicted octanol–water partition coefficient (Wildman–Crippen LogP) is 4.50. The maximum absolute atomic E-state index is 4.89. The molecule has 1 heterocycles. The standard InChI is InChI=1S/C18H28N2S/c1-14(2)16-11-13-21-17(19-16)20-18(3,4)12-10-15-8-6-5-7-9-15/h5-9,14,16H,10-13H2,1-4H3,(H,19,20). The summed E-state index contributed by atoms with van der Waals surface area (Å²) in [6.45, 7) is 9.08. The molecule has 21 heavy (non-hydrogen) atoms. The summed E-state index contributed by atoms with van der Waals surface area (Å²) >= 11 is 1.87. The van der Waals surface area contributed by atoms with E-state index in [1.54, 1.807) is 0 Å². The summed E-state index contributed by atoms with van der Waals surface area (Å²) in [5.74, 6) is 1.82. The number of benzene rings is 1. The Balaban J connectivity index is 1.91. The summed E-state index contributed by atoms with van der Waals surface area (Å²) in [6.07, 6.45) is 3.42. The molecule has 0 amide bonds. The van der Waals surface area contributed by atoms with Gasteiger partial charge in [0.05, 0.1) is 6.04 Å². The third-order valence-electron chi connectivity index (χ3n) is 4.03. The average Bonchev–Trinajstić information content (AvgIpc) is 2.46. The first-order valence-corrected chi connectivity index (χ1v) is 8.97. The number of nitrogens with zero attached hydrogens (tertiary/aromatic N) is 1. The summed E-state index contributed by atoms with van der Waals surface area (Å²) in [7, 11) is 0. The van der Waals surface area contributed by atoms with Gasteiger partial charge in [-0.3, -0.25) is 4.99 Å². The van der Waals surface area contributed by atoms with Crippen molar-refractivity contribution in [1.29, 1.82) is 0 Å². The fourth-order valence-corrected chi connectivity index (χ4v) is 3.64. The first kappa shape index (κ1) is 16.4. The summed E-state index contributed by atoms with van der Waals surface area (Å²) in [5.41, 5.74) is 1.49. The number of aliphatic imine (C=N–C) groups is 1. The normalized spacial score (nSPS) is 19.5. The fraction of sp³-hybridized carbons (Fsp3) is 0.611. The number of amidine groups is 1. The van der Waals surface area contributed by atoms with Gasteiger partial charge >= 0.3 is 0 Å². The third-order valence-corrected chi connectivity index (χ3v) is 4.95. The van der Waals surface area contributed by atoms with E-state index >= 15 is 0 Å². The zero-order valence-electron chi connectivity index (χ0n) is 13.7. The molecule has 0 aromatic heterocycles. The Labute approximate surface area is 133 Å². The van der Waals surface area contributed by atoms with Gasteiger partial charge in [0.2, 0.25) is 0 Å². The Kier molecular flexibility index (Phi) is 5.74. The van der Waals surface area contributed by atoms with Crippen LogP contribution in [0.15, 0.2) is 35.3 Å². The summed E-state index contributed by atoms with van der Waals surface area (Å²) < 4.78 is 0. The maximum atomic E-state index is 4.89. The van der Waals surface area contributed by atoms with Gasteiger partial charge in [0, 0.05) is 11.3 Å². The lowest BCUT2D eigenvalue weighted by Crippen LogP contribution is -2.44. The monoisotopic (exact) mass is 304 g/mol. The van der Waals surface area contributed by atoms with E-state index in [2.05, 4.69) is 63.3 Å². The number of nitrogens with one attached hydrogen (secondary N) is 1. The molecule has 1 unspecified atom stereocenters. The molecule has 116 valence electrons. The van der Waals surface area contributed by atoms with Crippen molar-refractivity contribution in [3.63, 3.8) is 0 Å². The number of rotatable bonds is 5. The zero-order valence-corrected chi connectivity index (χ0v) is 14.5. The third kappa shape index (κ3) is 5.39. The lowest BCUT2D eigenvalue weighted by Gasteiger charge is -2.31. The molecule has 0 spiro atoms.